The monoisotopic (exact) mass is 436 g/mol. The summed E-state index contributed by atoms with van der Waals surface area (Å²) in [5.74, 6) is 0.0350. The van der Waals surface area contributed by atoms with Gasteiger partial charge in [0.1, 0.15) is 17.1 Å². The van der Waals surface area contributed by atoms with E-state index in [1.54, 1.807) is 11.6 Å². The molecule has 0 unspecified atom stereocenters. The molecule has 164 valence electrons. The molecular formula is C23H21FN4O4. The Morgan fingerprint density at radius 2 is 1.81 bits per heavy atom. The number of carbonyl (C=O) groups is 1. The van der Waals surface area contributed by atoms with Crippen molar-refractivity contribution in [3.8, 4) is 5.75 Å². The van der Waals surface area contributed by atoms with Crippen LogP contribution in [0.2, 0.25) is 0 Å². The van der Waals surface area contributed by atoms with Crippen molar-refractivity contribution >= 4 is 5.97 Å². The second kappa shape index (κ2) is 9.42. The van der Waals surface area contributed by atoms with Crippen molar-refractivity contribution in [3.05, 3.63) is 94.6 Å². The predicted molar refractivity (Wildman–Crippen MR) is 111 cm³/mol. The predicted octanol–water partition coefficient (Wildman–Crippen LogP) is 4.01. The van der Waals surface area contributed by atoms with E-state index < -0.39 is 5.97 Å². The van der Waals surface area contributed by atoms with Crippen LogP contribution in [0.3, 0.4) is 0 Å². The van der Waals surface area contributed by atoms with Gasteiger partial charge in [-0.05, 0) is 43.7 Å². The molecule has 0 atom stereocenters. The van der Waals surface area contributed by atoms with Crippen LogP contribution in [-0.2, 0) is 24.5 Å². The number of rotatable bonds is 8. The average molecular weight is 436 g/mol. The third kappa shape index (κ3) is 5.00. The third-order valence-corrected chi connectivity index (χ3v) is 4.78. The number of hydrogen-bond donors (Lipinski definition) is 0. The number of benzene rings is 2. The molecule has 0 aliphatic rings. The molecule has 0 saturated heterocycles. The lowest BCUT2D eigenvalue weighted by atomic mass is 10.2. The standard InChI is InChI=1S/C23H21FN4O4/c1-15-22(16(2)28(26-15)12-17-6-4-3-5-7-17)23(29)31-14-21-25-20(27-32-21)13-30-19-10-8-18(24)9-11-19/h3-11H,12-14H2,1-2H3. The number of nitrogens with zero attached hydrogens (tertiary/aromatic N) is 4. The molecular weight excluding hydrogens is 415 g/mol. The van der Waals surface area contributed by atoms with Crippen molar-refractivity contribution in [2.24, 2.45) is 0 Å². The first kappa shape index (κ1) is 21.2. The van der Waals surface area contributed by atoms with Gasteiger partial charge in [-0.3, -0.25) is 4.68 Å². The van der Waals surface area contributed by atoms with Crippen LogP contribution >= 0.6 is 0 Å². The number of esters is 1. The second-order valence-corrected chi connectivity index (χ2v) is 7.11. The summed E-state index contributed by atoms with van der Waals surface area (Å²) in [6, 6.07) is 15.5. The Kier molecular flexibility index (Phi) is 6.25. The average Bonchev–Trinajstić information content (AvgIpc) is 3.36. The molecule has 9 heteroatoms. The number of halogens is 1. The van der Waals surface area contributed by atoms with Gasteiger partial charge in [-0.1, -0.05) is 35.5 Å². The molecule has 0 radical (unpaired) electrons. The summed E-state index contributed by atoms with van der Waals surface area (Å²) in [7, 11) is 0. The van der Waals surface area contributed by atoms with E-state index in [0.717, 1.165) is 11.3 Å². The van der Waals surface area contributed by atoms with E-state index in [1.807, 2.05) is 37.3 Å². The van der Waals surface area contributed by atoms with Gasteiger partial charge in [-0.25, -0.2) is 9.18 Å². The third-order valence-electron chi connectivity index (χ3n) is 4.78. The Hall–Kier alpha value is -4.01. The molecule has 0 amide bonds. The molecule has 32 heavy (non-hydrogen) atoms. The first-order valence-corrected chi connectivity index (χ1v) is 9.94. The van der Waals surface area contributed by atoms with Crippen LogP contribution in [0, 0.1) is 19.7 Å². The minimum Gasteiger partial charge on any atom is -0.485 e. The maximum atomic E-state index is 12.9. The van der Waals surface area contributed by atoms with Crippen LogP contribution < -0.4 is 4.74 Å². The van der Waals surface area contributed by atoms with E-state index in [2.05, 4.69) is 15.2 Å². The van der Waals surface area contributed by atoms with Crippen molar-refractivity contribution in [1.29, 1.82) is 0 Å². The van der Waals surface area contributed by atoms with Crippen molar-refractivity contribution < 1.29 is 23.2 Å². The van der Waals surface area contributed by atoms with E-state index >= 15 is 0 Å². The fraction of sp³-hybridized carbons (Fsp3) is 0.217. The lowest BCUT2D eigenvalue weighted by Gasteiger charge is -2.05. The molecule has 2 aromatic carbocycles. The van der Waals surface area contributed by atoms with Crippen LogP contribution in [0.4, 0.5) is 4.39 Å². The van der Waals surface area contributed by atoms with E-state index in [0.29, 0.717) is 23.6 Å². The zero-order chi connectivity index (χ0) is 22.5. The first-order chi connectivity index (χ1) is 15.5. The molecule has 0 fully saturated rings. The van der Waals surface area contributed by atoms with Gasteiger partial charge >= 0.3 is 5.97 Å². The molecule has 0 spiro atoms. The Morgan fingerprint density at radius 3 is 2.56 bits per heavy atom. The second-order valence-electron chi connectivity index (χ2n) is 7.11. The lowest BCUT2D eigenvalue weighted by molar-refractivity contribution is 0.0428. The highest BCUT2D eigenvalue weighted by Crippen LogP contribution is 2.17. The minimum absolute atomic E-state index is 0.0353. The number of hydrogen-bond acceptors (Lipinski definition) is 7. The first-order valence-electron chi connectivity index (χ1n) is 9.94. The normalized spacial score (nSPS) is 10.8. The molecule has 2 heterocycles. The molecule has 0 aliphatic heterocycles. The molecule has 8 nitrogen and oxygen atoms in total. The number of aryl methyl sites for hydroxylation is 1. The number of ether oxygens (including phenoxy) is 2. The van der Waals surface area contributed by atoms with Gasteiger partial charge in [-0.15, -0.1) is 0 Å². The van der Waals surface area contributed by atoms with Crippen LogP contribution in [0.15, 0.2) is 59.1 Å². The van der Waals surface area contributed by atoms with Gasteiger partial charge in [0.25, 0.3) is 5.89 Å². The molecule has 2 aromatic heterocycles. The summed E-state index contributed by atoms with van der Waals surface area (Å²) in [5, 5.41) is 8.26. The Labute approximate surface area is 183 Å². The van der Waals surface area contributed by atoms with Gasteiger partial charge in [-0.2, -0.15) is 10.1 Å². The van der Waals surface area contributed by atoms with Crippen molar-refractivity contribution in [3.63, 3.8) is 0 Å². The highest BCUT2D eigenvalue weighted by atomic mass is 19.1. The molecule has 4 aromatic rings. The van der Waals surface area contributed by atoms with Gasteiger partial charge in [0.05, 0.1) is 17.9 Å². The summed E-state index contributed by atoms with van der Waals surface area (Å²) >= 11 is 0. The summed E-state index contributed by atoms with van der Waals surface area (Å²) < 4.78 is 30.6. The largest absolute Gasteiger partial charge is 0.485 e. The molecule has 0 aliphatic carbocycles. The van der Waals surface area contributed by atoms with E-state index in [9.17, 15) is 9.18 Å². The topological polar surface area (TPSA) is 92.3 Å². The maximum absolute atomic E-state index is 12.9. The Bertz CT molecular complexity index is 1200. The smallest absolute Gasteiger partial charge is 0.342 e. The zero-order valence-electron chi connectivity index (χ0n) is 17.6. The Balaban J connectivity index is 1.34. The fourth-order valence-electron chi connectivity index (χ4n) is 3.19. The fourth-order valence-corrected chi connectivity index (χ4v) is 3.19. The zero-order valence-corrected chi connectivity index (χ0v) is 17.6. The molecule has 4 rings (SSSR count). The van der Waals surface area contributed by atoms with E-state index in [1.165, 1.54) is 24.3 Å². The van der Waals surface area contributed by atoms with Gasteiger partial charge in [0, 0.05) is 0 Å². The van der Waals surface area contributed by atoms with Crippen molar-refractivity contribution in [2.75, 3.05) is 0 Å². The molecule has 0 saturated carbocycles. The van der Waals surface area contributed by atoms with Crippen LogP contribution in [0.5, 0.6) is 5.75 Å². The number of carbonyl (C=O) groups excluding carboxylic acids is 1. The van der Waals surface area contributed by atoms with Gasteiger partial charge in [0.15, 0.2) is 13.2 Å². The summed E-state index contributed by atoms with van der Waals surface area (Å²) in [4.78, 5) is 16.8. The highest BCUT2D eigenvalue weighted by Gasteiger charge is 2.21. The highest BCUT2D eigenvalue weighted by molar-refractivity contribution is 5.91. The van der Waals surface area contributed by atoms with Crippen LogP contribution in [0.1, 0.15) is 39.0 Å². The summed E-state index contributed by atoms with van der Waals surface area (Å²) in [6.07, 6.45) is 0. The Morgan fingerprint density at radius 1 is 1.06 bits per heavy atom. The van der Waals surface area contributed by atoms with Crippen molar-refractivity contribution in [1.82, 2.24) is 19.9 Å². The van der Waals surface area contributed by atoms with Crippen LogP contribution in [-0.4, -0.2) is 25.9 Å². The van der Waals surface area contributed by atoms with E-state index in [-0.39, 0.29) is 30.7 Å². The van der Waals surface area contributed by atoms with E-state index in [4.69, 9.17) is 14.0 Å². The minimum atomic E-state index is -0.512. The summed E-state index contributed by atoms with van der Waals surface area (Å²) in [5.41, 5.74) is 2.80. The SMILES string of the molecule is Cc1nn(Cc2ccccc2)c(C)c1C(=O)OCc1nc(COc2ccc(F)cc2)no1. The quantitative estimate of drug-likeness (QED) is 0.385. The van der Waals surface area contributed by atoms with Gasteiger partial charge in [0.2, 0.25) is 5.82 Å². The lowest BCUT2D eigenvalue weighted by Crippen LogP contribution is -2.09. The molecule has 0 N–H and O–H groups in total. The number of aromatic nitrogens is 4. The van der Waals surface area contributed by atoms with Crippen LogP contribution in [0.25, 0.3) is 0 Å². The van der Waals surface area contributed by atoms with Crippen molar-refractivity contribution in [2.45, 2.75) is 33.6 Å². The maximum Gasteiger partial charge on any atom is 0.342 e. The molecule has 0 bridgehead atoms. The van der Waals surface area contributed by atoms with Gasteiger partial charge < -0.3 is 14.0 Å². The summed E-state index contributed by atoms with van der Waals surface area (Å²) in [6.45, 7) is 4.01.